The first-order chi connectivity index (χ1) is 9.56. The fourth-order valence-corrected chi connectivity index (χ4v) is 2.56. The molecule has 0 aliphatic heterocycles. The summed E-state index contributed by atoms with van der Waals surface area (Å²) in [5.74, 6) is 2.02. The fourth-order valence-electron chi connectivity index (χ4n) is 2.56. The van der Waals surface area contributed by atoms with Crippen molar-refractivity contribution in [3.05, 3.63) is 47.6 Å². The zero-order valence-corrected chi connectivity index (χ0v) is 12.0. The molecule has 0 radical (unpaired) electrons. The molecule has 0 saturated heterocycles. The van der Waals surface area contributed by atoms with Crippen LogP contribution < -0.4 is 5.73 Å². The van der Waals surface area contributed by atoms with Gasteiger partial charge in [0.2, 0.25) is 5.89 Å². The normalized spacial score (nSPS) is 21.6. The Kier molecular flexibility index (Phi) is 3.34. The lowest BCUT2D eigenvalue weighted by Gasteiger charge is -2.09. The van der Waals surface area contributed by atoms with Crippen molar-refractivity contribution in [1.82, 2.24) is 10.1 Å². The van der Waals surface area contributed by atoms with Crippen LogP contribution in [0.5, 0.6) is 0 Å². The van der Waals surface area contributed by atoms with Crippen LogP contribution in [0.1, 0.15) is 55.9 Å². The van der Waals surface area contributed by atoms with Gasteiger partial charge in [-0.1, -0.05) is 49.3 Å². The molecule has 1 saturated carbocycles. The SMILES string of the molecule is CC1(C)CC1c1noc(CCC(N)c2ccccc2)n1. The number of rotatable bonds is 5. The molecule has 1 aromatic heterocycles. The van der Waals surface area contributed by atoms with Crippen LogP contribution in [0.3, 0.4) is 0 Å². The molecule has 4 heteroatoms. The van der Waals surface area contributed by atoms with Crippen molar-refractivity contribution in [2.45, 2.75) is 45.1 Å². The molecule has 1 aromatic carbocycles. The molecule has 1 fully saturated rings. The quantitative estimate of drug-likeness (QED) is 0.906. The molecule has 2 atom stereocenters. The molecule has 0 amide bonds. The molecule has 0 bridgehead atoms. The van der Waals surface area contributed by atoms with Gasteiger partial charge in [-0.25, -0.2) is 0 Å². The van der Waals surface area contributed by atoms with Crippen molar-refractivity contribution in [3.8, 4) is 0 Å². The second-order valence-corrected chi connectivity index (χ2v) is 6.35. The highest BCUT2D eigenvalue weighted by Crippen LogP contribution is 2.57. The van der Waals surface area contributed by atoms with Gasteiger partial charge >= 0.3 is 0 Å². The zero-order chi connectivity index (χ0) is 14.2. The number of aryl methyl sites for hydroxylation is 1. The highest BCUT2D eigenvalue weighted by atomic mass is 16.5. The van der Waals surface area contributed by atoms with Crippen molar-refractivity contribution in [2.75, 3.05) is 0 Å². The van der Waals surface area contributed by atoms with E-state index in [1.165, 1.54) is 0 Å². The number of aromatic nitrogens is 2. The highest BCUT2D eigenvalue weighted by Gasteiger charge is 2.49. The lowest BCUT2D eigenvalue weighted by Crippen LogP contribution is -2.11. The Morgan fingerprint density at radius 1 is 1.35 bits per heavy atom. The summed E-state index contributed by atoms with van der Waals surface area (Å²) in [4.78, 5) is 4.50. The monoisotopic (exact) mass is 271 g/mol. The minimum Gasteiger partial charge on any atom is -0.339 e. The number of nitrogens with zero attached hydrogens (tertiary/aromatic N) is 2. The predicted molar refractivity (Wildman–Crippen MR) is 77.1 cm³/mol. The number of benzene rings is 1. The van der Waals surface area contributed by atoms with E-state index in [4.69, 9.17) is 10.3 Å². The molecular weight excluding hydrogens is 250 g/mol. The maximum Gasteiger partial charge on any atom is 0.226 e. The Labute approximate surface area is 119 Å². The van der Waals surface area contributed by atoms with Gasteiger partial charge in [0.25, 0.3) is 0 Å². The summed E-state index contributed by atoms with van der Waals surface area (Å²) >= 11 is 0. The van der Waals surface area contributed by atoms with Crippen LogP contribution in [0.4, 0.5) is 0 Å². The molecule has 1 aliphatic rings. The van der Waals surface area contributed by atoms with Gasteiger partial charge in [0, 0.05) is 18.4 Å². The molecule has 3 rings (SSSR count). The lowest BCUT2D eigenvalue weighted by molar-refractivity contribution is 0.365. The average Bonchev–Trinajstić information content (AvgIpc) is 2.89. The van der Waals surface area contributed by atoms with Crippen LogP contribution in [0.15, 0.2) is 34.9 Å². The van der Waals surface area contributed by atoms with Crippen molar-refractivity contribution >= 4 is 0 Å². The molecule has 2 aromatic rings. The van der Waals surface area contributed by atoms with Crippen LogP contribution in [0.25, 0.3) is 0 Å². The van der Waals surface area contributed by atoms with E-state index in [1.54, 1.807) is 0 Å². The van der Waals surface area contributed by atoms with Crippen molar-refractivity contribution in [1.29, 1.82) is 0 Å². The predicted octanol–water partition coefficient (Wildman–Crippen LogP) is 3.22. The third kappa shape index (κ3) is 2.75. The van der Waals surface area contributed by atoms with Gasteiger partial charge in [-0.2, -0.15) is 4.98 Å². The maximum absolute atomic E-state index is 6.18. The van der Waals surface area contributed by atoms with Crippen molar-refractivity contribution < 1.29 is 4.52 Å². The molecule has 4 nitrogen and oxygen atoms in total. The van der Waals surface area contributed by atoms with Gasteiger partial charge in [0.1, 0.15) is 0 Å². The van der Waals surface area contributed by atoms with Gasteiger partial charge in [0.15, 0.2) is 5.82 Å². The largest absolute Gasteiger partial charge is 0.339 e. The number of nitrogens with two attached hydrogens (primary N) is 1. The van der Waals surface area contributed by atoms with E-state index >= 15 is 0 Å². The summed E-state index contributed by atoms with van der Waals surface area (Å²) in [6.07, 6.45) is 2.70. The Morgan fingerprint density at radius 2 is 2.05 bits per heavy atom. The van der Waals surface area contributed by atoms with E-state index in [9.17, 15) is 0 Å². The van der Waals surface area contributed by atoms with Crippen LogP contribution >= 0.6 is 0 Å². The van der Waals surface area contributed by atoms with E-state index in [1.807, 2.05) is 18.2 Å². The van der Waals surface area contributed by atoms with Gasteiger partial charge < -0.3 is 10.3 Å². The topological polar surface area (TPSA) is 64.9 Å². The van der Waals surface area contributed by atoms with Crippen LogP contribution in [0.2, 0.25) is 0 Å². The van der Waals surface area contributed by atoms with Crippen LogP contribution in [-0.4, -0.2) is 10.1 Å². The minimum absolute atomic E-state index is 0.0175. The fraction of sp³-hybridized carbons (Fsp3) is 0.500. The van der Waals surface area contributed by atoms with Crippen molar-refractivity contribution in [2.24, 2.45) is 11.1 Å². The smallest absolute Gasteiger partial charge is 0.226 e. The summed E-state index contributed by atoms with van der Waals surface area (Å²) in [7, 11) is 0. The summed E-state index contributed by atoms with van der Waals surface area (Å²) in [5, 5.41) is 4.10. The van der Waals surface area contributed by atoms with E-state index in [2.05, 4.69) is 36.1 Å². The summed E-state index contributed by atoms with van der Waals surface area (Å²) in [6.45, 7) is 4.47. The molecule has 0 spiro atoms. The Bertz CT molecular complexity index is 576. The lowest BCUT2D eigenvalue weighted by atomic mass is 10.0. The number of hydrogen-bond acceptors (Lipinski definition) is 4. The van der Waals surface area contributed by atoms with Crippen LogP contribution in [-0.2, 0) is 6.42 Å². The Hall–Kier alpha value is -1.68. The van der Waals surface area contributed by atoms with Gasteiger partial charge in [-0.3, -0.25) is 0 Å². The first-order valence-corrected chi connectivity index (χ1v) is 7.19. The van der Waals surface area contributed by atoms with E-state index in [0.717, 1.165) is 30.7 Å². The van der Waals surface area contributed by atoms with E-state index in [-0.39, 0.29) is 6.04 Å². The second-order valence-electron chi connectivity index (χ2n) is 6.35. The molecule has 2 unspecified atom stereocenters. The minimum atomic E-state index is 0.0175. The molecule has 20 heavy (non-hydrogen) atoms. The molecule has 1 heterocycles. The molecule has 2 N–H and O–H groups in total. The third-order valence-corrected chi connectivity index (χ3v) is 4.21. The summed E-state index contributed by atoms with van der Waals surface area (Å²) < 4.78 is 5.33. The van der Waals surface area contributed by atoms with Crippen LogP contribution in [0, 0.1) is 5.41 Å². The van der Waals surface area contributed by atoms with Gasteiger partial charge in [-0.05, 0) is 23.8 Å². The Balaban J connectivity index is 1.57. The maximum atomic E-state index is 6.18. The zero-order valence-electron chi connectivity index (χ0n) is 12.0. The van der Waals surface area contributed by atoms with Gasteiger partial charge in [-0.15, -0.1) is 0 Å². The molecule has 106 valence electrons. The number of hydrogen-bond donors (Lipinski definition) is 1. The third-order valence-electron chi connectivity index (χ3n) is 4.21. The highest BCUT2D eigenvalue weighted by molar-refractivity contribution is 5.18. The first-order valence-electron chi connectivity index (χ1n) is 7.19. The van der Waals surface area contributed by atoms with Gasteiger partial charge in [0.05, 0.1) is 0 Å². The summed E-state index contributed by atoms with van der Waals surface area (Å²) in [5.41, 5.74) is 7.66. The van der Waals surface area contributed by atoms with E-state index in [0.29, 0.717) is 17.2 Å². The first kappa shape index (κ1) is 13.3. The van der Waals surface area contributed by atoms with Crippen molar-refractivity contribution in [3.63, 3.8) is 0 Å². The van der Waals surface area contributed by atoms with E-state index < -0.39 is 0 Å². The summed E-state index contributed by atoms with van der Waals surface area (Å²) in [6, 6.07) is 10.1. The standard InChI is InChI=1S/C16H21N3O/c1-16(2)10-12(16)15-18-14(20-19-15)9-8-13(17)11-6-4-3-5-7-11/h3-7,12-13H,8-10,17H2,1-2H3. The Morgan fingerprint density at radius 3 is 2.70 bits per heavy atom. The molecule has 1 aliphatic carbocycles. The second kappa shape index (κ2) is 5.02. The molecular formula is C16H21N3O. The average molecular weight is 271 g/mol.